The van der Waals surface area contributed by atoms with Gasteiger partial charge in [-0.2, -0.15) is 0 Å². The van der Waals surface area contributed by atoms with Gasteiger partial charge in [0.05, 0.1) is 36.3 Å². The van der Waals surface area contributed by atoms with Crippen molar-refractivity contribution in [1.29, 1.82) is 0 Å². The Morgan fingerprint density at radius 1 is 0.607 bits per heavy atom. The molecule has 4 saturated carbocycles. The van der Waals surface area contributed by atoms with E-state index in [1.54, 1.807) is 24.3 Å². The van der Waals surface area contributed by atoms with E-state index in [-0.39, 0.29) is 37.2 Å². The molecule has 8 aliphatic rings. The second kappa shape index (κ2) is 13.2. The molecule has 0 radical (unpaired) electrons. The highest BCUT2D eigenvalue weighted by atomic mass is 35.6. The van der Waals surface area contributed by atoms with Gasteiger partial charge in [0.25, 0.3) is 0 Å². The predicted molar refractivity (Wildman–Crippen MR) is 209 cm³/mol. The third-order valence-corrected chi connectivity index (χ3v) is 16.1. The normalized spacial score (nSPS) is 54.3. The van der Waals surface area contributed by atoms with Crippen molar-refractivity contribution in [3.63, 3.8) is 0 Å². The molecular weight excluding hydrogens is 791 g/mol. The van der Waals surface area contributed by atoms with Gasteiger partial charge in [-0.15, -0.1) is 13.2 Å². The maximum atomic E-state index is 11.9. The molecule has 8 rings (SSSR count). The molecule has 2 heterocycles. The Bertz CT molecular complexity index is 1590. The number of alkyl halides is 3. The van der Waals surface area contributed by atoms with Gasteiger partial charge in [-0.25, -0.2) is 0 Å². The van der Waals surface area contributed by atoms with Gasteiger partial charge in [-0.05, 0) is 60.5 Å². The van der Waals surface area contributed by atoms with Crippen LogP contribution < -0.4 is 0 Å². The first-order valence-electron chi connectivity index (χ1n) is 19.4. The molecule has 14 atom stereocenters. The summed E-state index contributed by atoms with van der Waals surface area (Å²) in [6.45, 7) is 18.3. The number of halogens is 3. The van der Waals surface area contributed by atoms with E-state index in [1.807, 2.05) is 41.5 Å². The minimum absolute atomic E-state index is 0.126. The van der Waals surface area contributed by atoms with Crippen LogP contribution in [0.2, 0.25) is 0 Å². The van der Waals surface area contributed by atoms with Crippen LogP contribution in [0.15, 0.2) is 48.6 Å². The Morgan fingerprint density at radius 2 is 0.911 bits per heavy atom. The third-order valence-electron chi connectivity index (χ3n) is 16.1. The van der Waals surface area contributed by atoms with Gasteiger partial charge < -0.3 is 60.5 Å². The number of rotatable bonds is 2. The lowest BCUT2D eigenvalue weighted by atomic mass is 9.39. The molecule has 56 heavy (non-hydrogen) atoms. The minimum atomic E-state index is -2.24. The van der Waals surface area contributed by atoms with Crippen molar-refractivity contribution in [2.45, 2.75) is 156 Å². The summed E-state index contributed by atoms with van der Waals surface area (Å²) in [4.78, 5) is 0. The molecule has 0 spiro atoms. The van der Waals surface area contributed by atoms with E-state index in [0.717, 1.165) is 0 Å². The first kappa shape index (κ1) is 44.9. The zero-order valence-corrected chi connectivity index (χ0v) is 35.4. The SMILES string of the molecule is C=C[C@]1(C)C=C2[C@@H](O)[C@@]3(O)OC[C@@]4(CCCC(C)(C)[C@@]43O)[C@@]2(O)[C@H](O)C1.C=C[C@]1(C)C=C2[C@@H](O)[C@@]3(O)OC[C@@]4(CCCC(C)(C)[C@@]43O)[C@@]2(O)[C@H](O)C1.ClC(Cl)Cl. The van der Waals surface area contributed by atoms with Gasteiger partial charge in [-0.3, -0.25) is 0 Å². The van der Waals surface area contributed by atoms with Crippen LogP contribution in [-0.2, 0) is 9.47 Å². The van der Waals surface area contributed by atoms with Crippen LogP contribution in [0.5, 0.6) is 0 Å². The van der Waals surface area contributed by atoms with Gasteiger partial charge in [0.2, 0.25) is 11.6 Å². The lowest BCUT2D eigenvalue weighted by Crippen LogP contribution is -2.83. The van der Waals surface area contributed by atoms with E-state index in [2.05, 4.69) is 13.2 Å². The molecule has 0 aromatic heterocycles. The van der Waals surface area contributed by atoms with Crippen molar-refractivity contribution in [2.24, 2.45) is 32.5 Å². The summed E-state index contributed by atoms with van der Waals surface area (Å²) >= 11 is 14.4. The average molecular weight is 852 g/mol. The zero-order chi connectivity index (χ0) is 42.4. The Morgan fingerprint density at radius 3 is 1.20 bits per heavy atom. The molecule has 0 amide bonds. The Balaban J connectivity index is 0.000000174. The third kappa shape index (κ3) is 4.98. The van der Waals surface area contributed by atoms with Gasteiger partial charge >= 0.3 is 0 Å². The van der Waals surface area contributed by atoms with E-state index in [1.165, 1.54) is 0 Å². The minimum Gasteiger partial charge on any atom is -0.390 e. The van der Waals surface area contributed by atoms with Crippen LogP contribution in [-0.4, -0.2) is 127 Å². The van der Waals surface area contributed by atoms with Crippen LogP contribution >= 0.6 is 34.8 Å². The number of fused-ring (bicyclic) bond motifs is 2. The molecule has 2 aliphatic heterocycles. The molecule has 0 aromatic rings. The summed E-state index contributed by atoms with van der Waals surface area (Å²) in [5.41, 5.74) is -12.9. The smallest absolute Gasteiger partial charge is 0.227 e. The molecular formula is C41H61Cl3O12. The Hall–Kier alpha value is -0.650. The maximum Gasteiger partial charge on any atom is 0.227 e. The van der Waals surface area contributed by atoms with Gasteiger partial charge in [-0.1, -0.05) is 113 Å². The number of hydrogen-bond donors (Lipinski definition) is 10. The van der Waals surface area contributed by atoms with E-state index in [4.69, 9.17) is 44.3 Å². The fourth-order valence-corrected chi connectivity index (χ4v) is 13.1. The molecule has 10 N–H and O–H groups in total. The summed E-state index contributed by atoms with van der Waals surface area (Å²) in [6.07, 6.45) is 4.75. The summed E-state index contributed by atoms with van der Waals surface area (Å²) in [7, 11) is 0. The molecule has 318 valence electrons. The second-order valence-corrected chi connectivity index (χ2v) is 21.7. The molecule has 6 aliphatic carbocycles. The quantitative estimate of drug-likeness (QED) is 0.143. The van der Waals surface area contributed by atoms with Crippen molar-refractivity contribution in [3.8, 4) is 0 Å². The average Bonchev–Trinajstić information content (AvgIpc) is 3.47. The fraction of sp³-hybridized carbons (Fsp3) is 0.805. The second-order valence-electron chi connectivity index (χ2n) is 19.7. The van der Waals surface area contributed by atoms with Crippen molar-refractivity contribution < 1.29 is 60.5 Å². The first-order chi connectivity index (χ1) is 25.4. The Kier molecular flexibility index (Phi) is 10.6. The van der Waals surface area contributed by atoms with Crippen LogP contribution in [0.4, 0.5) is 0 Å². The van der Waals surface area contributed by atoms with Crippen molar-refractivity contribution in [2.75, 3.05) is 13.2 Å². The van der Waals surface area contributed by atoms with Crippen LogP contribution in [0.3, 0.4) is 0 Å². The summed E-state index contributed by atoms with van der Waals surface area (Å²) < 4.78 is 10.6. The van der Waals surface area contributed by atoms with Crippen LogP contribution in [0.1, 0.15) is 92.9 Å². The topological polar surface area (TPSA) is 221 Å². The highest BCUT2D eigenvalue weighted by molar-refractivity contribution is 6.63. The van der Waals surface area contributed by atoms with Gasteiger partial charge in [0.1, 0.15) is 34.6 Å². The van der Waals surface area contributed by atoms with Crippen molar-refractivity contribution >= 4 is 34.8 Å². The first-order valence-corrected chi connectivity index (χ1v) is 20.7. The lowest BCUT2D eigenvalue weighted by molar-refractivity contribution is -0.372. The Labute approximate surface area is 344 Å². The lowest BCUT2D eigenvalue weighted by Gasteiger charge is -2.68. The molecule has 2 saturated heterocycles. The van der Waals surface area contributed by atoms with Crippen LogP contribution in [0, 0.1) is 32.5 Å². The van der Waals surface area contributed by atoms with Gasteiger partial charge in [0.15, 0.2) is 4.30 Å². The number of aliphatic hydroxyl groups is 10. The maximum absolute atomic E-state index is 11.9. The van der Waals surface area contributed by atoms with Crippen molar-refractivity contribution in [3.05, 3.63) is 48.6 Å². The molecule has 0 unspecified atom stereocenters. The van der Waals surface area contributed by atoms with Gasteiger partial charge in [0, 0.05) is 10.8 Å². The standard InChI is InChI=1S/2C20H30O6.CHCl3/c2*1-5-16(4)9-12-14(22)19(24)20(25)15(2,3)7-6-8-17(20,11-26-19)18(12,23)13(21)10-16;2-1(3)4/h2*5,9,13-14,21-25H,1,6-8,10-11H2,2-4H3;1H/t2*13-,14-,16-,17+,18+,19-,20-;/m11./s1. The zero-order valence-electron chi connectivity index (χ0n) is 33.1. The highest BCUT2D eigenvalue weighted by Gasteiger charge is 2.89. The largest absolute Gasteiger partial charge is 0.390 e. The predicted octanol–water partition coefficient (Wildman–Crippen LogP) is 3.23. The number of aliphatic hydroxyl groups excluding tert-OH is 4. The van der Waals surface area contributed by atoms with Crippen molar-refractivity contribution in [1.82, 2.24) is 0 Å². The monoisotopic (exact) mass is 850 g/mol. The van der Waals surface area contributed by atoms with E-state index in [9.17, 15) is 51.1 Å². The van der Waals surface area contributed by atoms with Crippen LogP contribution in [0.25, 0.3) is 0 Å². The molecule has 12 nitrogen and oxygen atoms in total. The highest BCUT2D eigenvalue weighted by Crippen LogP contribution is 2.75. The van der Waals surface area contributed by atoms with E-state index >= 15 is 0 Å². The summed E-state index contributed by atoms with van der Waals surface area (Å²) in [5, 5.41) is 115. The number of allylic oxidation sites excluding steroid dienone is 4. The summed E-state index contributed by atoms with van der Waals surface area (Å²) in [5.74, 6) is -4.48. The molecule has 0 aromatic carbocycles. The molecule has 6 fully saturated rings. The summed E-state index contributed by atoms with van der Waals surface area (Å²) in [6, 6.07) is 0. The molecule has 4 bridgehead atoms. The number of hydrogen-bond acceptors (Lipinski definition) is 12. The van der Waals surface area contributed by atoms with E-state index < -0.39 is 95.2 Å². The molecule has 15 heteroatoms. The number of ether oxygens (including phenoxy) is 2. The van der Waals surface area contributed by atoms with E-state index in [0.29, 0.717) is 38.5 Å². The fourth-order valence-electron chi connectivity index (χ4n) is 13.1.